The van der Waals surface area contributed by atoms with Crippen molar-refractivity contribution in [1.29, 1.82) is 0 Å². The number of hydrogen-bond acceptors (Lipinski definition) is 0. The van der Waals surface area contributed by atoms with Gasteiger partial charge in [0.1, 0.15) is 6.67 Å². The monoisotopic (exact) mass is 240 g/mol. The first-order valence-electron chi connectivity index (χ1n) is 6.66. The molecule has 1 unspecified atom stereocenters. The highest BCUT2D eigenvalue weighted by Gasteiger charge is 2.41. The van der Waals surface area contributed by atoms with Crippen LogP contribution in [-0.4, -0.2) is 6.67 Å². The molecule has 2 aliphatic carbocycles. The quantitative estimate of drug-likeness (QED) is 0.598. The summed E-state index contributed by atoms with van der Waals surface area (Å²) in [5, 5.41) is 0. The second-order valence-corrected chi connectivity index (χ2v) is 5.89. The van der Waals surface area contributed by atoms with Gasteiger partial charge in [-0.15, -0.1) is 0 Å². The molecule has 0 heterocycles. The zero-order valence-corrected chi connectivity index (χ0v) is 10.8. The third kappa shape index (κ3) is 2.19. The van der Waals surface area contributed by atoms with E-state index < -0.39 is 6.67 Å². The van der Waals surface area contributed by atoms with Gasteiger partial charge in [0.25, 0.3) is 0 Å². The first-order chi connectivity index (χ1) is 8.11. The van der Waals surface area contributed by atoms with Gasteiger partial charge < -0.3 is 0 Å². The lowest BCUT2D eigenvalue weighted by molar-refractivity contribution is 0.150. The van der Waals surface area contributed by atoms with Crippen LogP contribution in [0.5, 0.6) is 0 Å². The predicted molar refractivity (Wildman–Crippen MR) is 67.1 cm³/mol. The molecule has 0 N–H and O–H groups in total. The third-order valence-electron chi connectivity index (χ3n) is 5.04. The predicted octanol–water partition coefficient (Wildman–Crippen LogP) is 4.97. The molecule has 0 saturated heterocycles. The summed E-state index contributed by atoms with van der Waals surface area (Å²) in [5.74, 6) is 0.699. The average Bonchev–Trinajstić information content (AvgIpc) is 2.32. The summed E-state index contributed by atoms with van der Waals surface area (Å²) < 4.78 is 25.4. The van der Waals surface area contributed by atoms with E-state index in [1.54, 1.807) is 0 Å². The highest BCUT2D eigenvalue weighted by Crippen LogP contribution is 2.53. The Bertz CT molecular complexity index is 343. The maximum Gasteiger partial charge on any atom is 0.113 e. The molecular formula is C15H22F2. The largest absolute Gasteiger partial charge is 0.246 e. The molecule has 2 aliphatic rings. The molecule has 0 spiro atoms. The molecule has 0 bridgehead atoms. The van der Waals surface area contributed by atoms with Gasteiger partial charge in [0.2, 0.25) is 0 Å². The van der Waals surface area contributed by atoms with Crippen LogP contribution in [0.2, 0.25) is 0 Å². The number of halogens is 2. The van der Waals surface area contributed by atoms with Crippen LogP contribution in [0.25, 0.3) is 0 Å². The van der Waals surface area contributed by atoms with Gasteiger partial charge in [-0.2, -0.15) is 0 Å². The van der Waals surface area contributed by atoms with Gasteiger partial charge in [0.15, 0.2) is 0 Å². The first-order valence-corrected chi connectivity index (χ1v) is 6.66. The highest BCUT2D eigenvalue weighted by molar-refractivity contribution is 5.24. The topological polar surface area (TPSA) is 0 Å². The van der Waals surface area contributed by atoms with Crippen molar-refractivity contribution in [2.24, 2.45) is 17.3 Å². The summed E-state index contributed by atoms with van der Waals surface area (Å²) in [6.45, 7) is 3.92. The number of rotatable bonds is 2. The normalized spacial score (nSPS) is 38.6. The second kappa shape index (κ2) is 4.91. The fourth-order valence-electron chi connectivity index (χ4n) is 3.58. The Morgan fingerprint density at radius 2 is 2.35 bits per heavy atom. The molecule has 0 aromatic rings. The van der Waals surface area contributed by atoms with Crippen LogP contribution in [0.1, 0.15) is 46.0 Å². The van der Waals surface area contributed by atoms with Crippen molar-refractivity contribution >= 4 is 0 Å². The Labute approximate surface area is 103 Å². The lowest BCUT2D eigenvalue weighted by atomic mass is 9.58. The molecule has 0 aromatic heterocycles. The van der Waals surface area contributed by atoms with Gasteiger partial charge in [-0.25, -0.2) is 8.78 Å². The van der Waals surface area contributed by atoms with E-state index in [4.69, 9.17) is 0 Å². The van der Waals surface area contributed by atoms with Crippen molar-refractivity contribution in [1.82, 2.24) is 0 Å². The summed E-state index contributed by atoms with van der Waals surface area (Å²) in [6.07, 6.45) is 8.16. The third-order valence-corrected chi connectivity index (χ3v) is 5.04. The second-order valence-electron chi connectivity index (χ2n) is 5.89. The molecule has 96 valence electrons. The Hall–Kier alpha value is -0.660. The van der Waals surface area contributed by atoms with Crippen LogP contribution in [0.4, 0.5) is 8.78 Å². The molecule has 3 atom stereocenters. The molecule has 0 radical (unpaired) electrons. The molecule has 1 saturated carbocycles. The molecule has 0 amide bonds. The Balaban J connectivity index is 2.23. The van der Waals surface area contributed by atoms with Gasteiger partial charge in [0.05, 0.1) is 6.33 Å². The molecule has 1 fully saturated rings. The minimum atomic E-state index is -0.644. The van der Waals surface area contributed by atoms with Crippen molar-refractivity contribution < 1.29 is 8.78 Å². The Morgan fingerprint density at radius 3 is 3.00 bits per heavy atom. The average molecular weight is 240 g/mol. The standard InChI is InChI=1S/C15H22F2/c1-11-4-3-5-14-7-6-12(8-15(11,14)2)13(9-16)10-17/h7,9,11-12H,3-6,8,10H2,1-2H3/b13-9-/t11-,12?,15+/m0/s1. The maximum absolute atomic E-state index is 12.8. The van der Waals surface area contributed by atoms with Crippen molar-refractivity contribution in [2.45, 2.75) is 46.0 Å². The number of alkyl halides is 1. The molecule has 0 aromatic carbocycles. The summed E-state index contributed by atoms with van der Waals surface area (Å²) in [6, 6.07) is 0. The van der Waals surface area contributed by atoms with E-state index in [2.05, 4.69) is 19.9 Å². The zero-order valence-electron chi connectivity index (χ0n) is 10.8. The van der Waals surface area contributed by atoms with Crippen molar-refractivity contribution in [3.8, 4) is 0 Å². The smallest absolute Gasteiger partial charge is 0.113 e. The lowest BCUT2D eigenvalue weighted by Gasteiger charge is -2.47. The molecule has 0 nitrogen and oxygen atoms in total. The van der Waals surface area contributed by atoms with E-state index >= 15 is 0 Å². The van der Waals surface area contributed by atoms with E-state index in [-0.39, 0.29) is 11.3 Å². The minimum Gasteiger partial charge on any atom is -0.246 e. The summed E-state index contributed by atoms with van der Waals surface area (Å²) in [7, 11) is 0. The van der Waals surface area contributed by atoms with Crippen molar-refractivity contribution in [2.75, 3.05) is 6.67 Å². The summed E-state index contributed by atoms with van der Waals surface area (Å²) in [4.78, 5) is 0. The molecule has 2 heteroatoms. The molecular weight excluding hydrogens is 218 g/mol. The number of allylic oxidation sites excluding steroid dienone is 3. The van der Waals surface area contributed by atoms with Crippen LogP contribution in [0.15, 0.2) is 23.6 Å². The summed E-state index contributed by atoms with van der Waals surface area (Å²) >= 11 is 0. The lowest BCUT2D eigenvalue weighted by Crippen LogP contribution is -2.36. The van der Waals surface area contributed by atoms with Crippen molar-refractivity contribution in [3.63, 3.8) is 0 Å². The van der Waals surface area contributed by atoms with Gasteiger partial charge in [-0.05, 0) is 54.9 Å². The first kappa shape index (κ1) is 12.8. The van der Waals surface area contributed by atoms with Crippen molar-refractivity contribution in [3.05, 3.63) is 23.6 Å². The summed E-state index contributed by atoms with van der Waals surface area (Å²) in [5.41, 5.74) is 2.05. The fraction of sp³-hybridized carbons (Fsp3) is 0.733. The van der Waals surface area contributed by atoms with E-state index in [1.165, 1.54) is 24.8 Å². The van der Waals surface area contributed by atoms with Gasteiger partial charge in [-0.3, -0.25) is 0 Å². The Kier molecular flexibility index (Phi) is 3.70. The van der Waals surface area contributed by atoms with Crippen LogP contribution < -0.4 is 0 Å². The number of hydrogen-bond donors (Lipinski definition) is 0. The van der Waals surface area contributed by atoms with E-state index in [0.717, 1.165) is 12.8 Å². The van der Waals surface area contributed by atoms with E-state index in [0.29, 0.717) is 17.8 Å². The van der Waals surface area contributed by atoms with Crippen LogP contribution in [0.3, 0.4) is 0 Å². The molecule has 17 heavy (non-hydrogen) atoms. The Morgan fingerprint density at radius 1 is 1.59 bits per heavy atom. The van der Waals surface area contributed by atoms with Gasteiger partial charge >= 0.3 is 0 Å². The van der Waals surface area contributed by atoms with Crippen LogP contribution >= 0.6 is 0 Å². The van der Waals surface area contributed by atoms with E-state index in [9.17, 15) is 8.78 Å². The van der Waals surface area contributed by atoms with Crippen LogP contribution in [0, 0.1) is 17.3 Å². The van der Waals surface area contributed by atoms with E-state index in [1.807, 2.05) is 0 Å². The van der Waals surface area contributed by atoms with Crippen LogP contribution in [-0.2, 0) is 0 Å². The zero-order chi connectivity index (χ0) is 12.5. The maximum atomic E-state index is 12.8. The van der Waals surface area contributed by atoms with Gasteiger partial charge in [0, 0.05) is 0 Å². The molecule has 0 aliphatic heterocycles. The molecule has 2 rings (SSSR count). The minimum absolute atomic E-state index is 0.0688. The van der Waals surface area contributed by atoms with Gasteiger partial charge in [-0.1, -0.05) is 25.5 Å². The highest BCUT2D eigenvalue weighted by atomic mass is 19.1. The number of fused-ring (bicyclic) bond motifs is 1. The SMILES string of the molecule is C[C@H]1CCCC2=CCC(/C(=C\F)CF)C[C@@]21C. The fourth-order valence-corrected chi connectivity index (χ4v) is 3.58.